The molecule has 0 bridgehead atoms. The quantitative estimate of drug-likeness (QED) is 0.713. The van der Waals surface area contributed by atoms with Crippen LogP contribution >= 0.6 is 12.6 Å². The fraction of sp³-hybridized carbons (Fsp3) is 0.900. The number of carbonyl (C=O) groups excluding carboxylic acids is 1. The van der Waals surface area contributed by atoms with Gasteiger partial charge in [0.1, 0.15) is 6.61 Å². The molecule has 1 unspecified atom stereocenters. The van der Waals surface area contributed by atoms with Gasteiger partial charge < -0.3 is 9.64 Å². The summed E-state index contributed by atoms with van der Waals surface area (Å²) in [6.07, 6.45) is 0. The number of thiol groups is 1. The topological polar surface area (TPSA) is 29.5 Å². The van der Waals surface area contributed by atoms with E-state index in [2.05, 4.69) is 26.5 Å². The standard InChI is InChI=1S/C10H19NO2S/c1-8(2)9(7-14)5-11-3-4-13-6-10(11)12/h8-9,14H,3-7H2,1-2H3. The first-order chi connectivity index (χ1) is 6.65. The Hall–Kier alpha value is -0.220. The second-order valence-corrected chi connectivity index (χ2v) is 4.44. The van der Waals surface area contributed by atoms with Crippen LogP contribution in [0.2, 0.25) is 0 Å². The van der Waals surface area contributed by atoms with Gasteiger partial charge in [-0.15, -0.1) is 0 Å². The number of hydrogen-bond donors (Lipinski definition) is 1. The molecule has 82 valence electrons. The summed E-state index contributed by atoms with van der Waals surface area (Å²) in [6, 6.07) is 0. The number of hydrogen-bond acceptors (Lipinski definition) is 3. The van der Waals surface area contributed by atoms with Crippen molar-refractivity contribution >= 4 is 18.5 Å². The van der Waals surface area contributed by atoms with Crippen molar-refractivity contribution < 1.29 is 9.53 Å². The number of rotatable bonds is 4. The van der Waals surface area contributed by atoms with Crippen LogP contribution in [-0.4, -0.2) is 42.9 Å². The molecule has 0 radical (unpaired) electrons. The molecular formula is C10H19NO2S. The van der Waals surface area contributed by atoms with Crippen molar-refractivity contribution in [3.8, 4) is 0 Å². The Kier molecular flexibility index (Phi) is 4.75. The summed E-state index contributed by atoms with van der Waals surface area (Å²) in [5, 5.41) is 0. The van der Waals surface area contributed by atoms with Crippen LogP contribution < -0.4 is 0 Å². The van der Waals surface area contributed by atoms with Gasteiger partial charge in [-0.05, 0) is 17.6 Å². The maximum Gasteiger partial charge on any atom is 0.248 e. The molecule has 1 fully saturated rings. The lowest BCUT2D eigenvalue weighted by Crippen LogP contribution is -2.45. The van der Waals surface area contributed by atoms with Crippen molar-refractivity contribution in [2.45, 2.75) is 13.8 Å². The van der Waals surface area contributed by atoms with Gasteiger partial charge in [-0.25, -0.2) is 0 Å². The number of nitrogens with zero attached hydrogens (tertiary/aromatic N) is 1. The van der Waals surface area contributed by atoms with Gasteiger partial charge >= 0.3 is 0 Å². The smallest absolute Gasteiger partial charge is 0.248 e. The van der Waals surface area contributed by atoms with Crippen LogP contribution in [0.5, 0.6) is 0 Å². The van der Waals surface area contributed by atoms with E-state index in [1.54, 1.807) is 0 Å². The molecule has 1 amide bonds. The molecule has 1 aliphatic rings. The van der Waals surface area contributed by atoms with Crippen molar-refractivity contribution in [2.24, 2.45) is 11.8 Å². The summed E-state index contributed by atoms with van der Waals surface area (Å²) < 4.78 is 5.08. The van der Waals surface area contributed by atoms with Gasteiger partial charge in [-0.2, -0.15) is 12.6 Å². The Morgan fingerprint density at radius 1 is 1.57 bits per heavy atom. The molecule has 14 heavy (non-hydrogen) atoms. The maximum atomic E-state index is 11.4. The van der Waals surface area contributed by atoms with E-state index in [-0.39, 0.29) is 12.5 Å². The third kappa shape index (κ3) is 3.17. The molecule has 1 atom stereocenters. The summed E-state index contributed by atoms with van der Waals surface area (Å²) in [6.45, 7) is 6.82. The zero-order chi connectivity index (χ0) is 10.6. The molecule has 0 aromatic rings. The van der Waals surface area contributed by atoms with E-state index in [1.807, 2.05) is 4.90 Å². The van der Waals surface area contributed by atoms with Gasteiger partial charge in [-0.1, -0.05) is 13.8 Å². The van der Waals surface area contributed by atoms with Gasteiger partial charge in [0.2, 0.25) is 5.91 Å². The maximum absolute atomic E-state index is 11.4. The van der Waals surface area contributed by atoms with Crippen molar-refractivity contribution in [2.75, 3.05) is 32.1 Å². The molecule has 0 aromatic heterocycles. The van der Waals surface area contributed by atoms with Crippen LogP contribution in [-0.2, 0) is 9.53 Å². The van der Waals surface area contributed by atoms with E-state index in [1.165, 1.54) is 0 Å². The first-order valence-electron chi connectivity index (χ1n) is 5.11. The molecule has 0 saturated carbocycles. The summed E-state index contributed by atoms with van der Waals surface area (Å²) in [5.41, 5.74) is 0. The normalized spacial score (nSPS) is 20.3. The highest BCUT2D eigenvalue weighted by atomic mass is 32.1. The van der Waals surface area contributed by atoms with Crippen molar-refractivity contribution in [1.29, 1.82) is 0 Å². The van der Waals surface area contributed by atoms with Crippen LogP contribution in [0.4, 0.5) is 0 Å². The summed E-state index contributed by atoms with van der Waals surface area (Å²) in [7, 11) is 0. The lowest BCUT2D eigenvalue weighted by molar-refractivity contribution is -0.143. The van der Waals surface area contributed by atoms with Crippen LogP contribution in [0.3, 0.4) is 0 Å². The zero-order valence-corrected chi connectivity index (χ0v) is 9.80. The van der Waals surface area contributed by atoms with Crippen LogP contribution in [0.15, 0.2) is 0 Å². The van der Waals surface area contributed by atoms with Crippen molar-refractivity contribution in [3.63, 3.8) is 0 Å². The number of morpholine rings is 1. The average molecular weight is 217 g/mol. The lowest BCUT2D eigenvalue weighted by atomic mass is 9.97. The molecule has 3 nitrogen and oxygen atoms in total. The molecular weight excluding hydrogens is 198 g/mol. The first-order valence-corrected chi connectivity index (χ1v) is 5.74. The fourth-order valence-corrected chi connectivity index (χ4v) is 2.04. The SMILES string of the molecule is CC(C)C(CS)CN1CCOCC1=O. The summed E-state index contributed by atoms with van der Waals surface area (Å²) in [5.74, 6) is 2.01. The average Bonchev–Trinajstić information content (AvgIpc) is 2.16. The third-order valence-electron chi connectivity index (χ3n) is 2.72. The molecule has 1 heterocycles. The first kappa shape index (κ1) is 11.9. The predicted octanol–water partition coefficient (Wildman–Crippen LogP) is 1.05. The second-order valence-electron chi connectivity index (χ2n) is 4.08. The van der Waals surface area contributed by atoms with E-state index < -0.39 is 0 Å². The highest BCUT2D eigenvalue weighted by Crippen LogP contribution is 2.15. The lowest BCUT2D eigenvalue weighted by Gasteiger charge is -2.31. The van der Waals surface area contributed by atoms with Crippen LogP contribution in [0.1, 0.15) is 13.8 Å². The summed E-state index contributed by atoms with van der Waals surface area (Å²) in [4.78, 5) is 13.3. The van der Waals surface area contributed by atoms with Crippen LogP contribution in [0.25, 0.3) is 0 Å². The van der Waals surface area contributed by atoms with Gasteiger partial charge in [0.15, 0.2) is 0 Å². The highest BCUT2D eigenvalue weighted by Gasteiger charge is 2.22. The van der Waals surface area contributed by atoms with E-state index >= 15 is 0 Å². The number of ether oxygens (including phenoxy) is 1. The van der Waals surface area contributed by atoms with Crippen molar-refractivity contribution in [1.82, 2.24) is 4.90 Å². The molecule has 0 aromatic carbocycles. The van der Waals surface area contributed by atoms with Gasteiger partial charge in [0.25, 0.3) is 0 Å². The van der Waals surface area contributed by atoms with Gasteiger partial charge in [0.05, 0.1) is 6.61 Å². The molecule has 1 aliphatic heterocycles. The Bertz CT molecular complexity index is 197. The predicted molar refractivity (Wildman–Crippen MR) is 59.6 cm³/mol. The number of carbonyl (C=O) groups is 1. The van der Waals surface area contributed by atoms with E-state index in [0.29, 0.717) is 18.4 Å². The fourth-order valence-electron chi connectivity index (χ4n) is 1.51. The van der Waals surface area contributed by atoms with E-state index in [0.717, 1.165) is 18.8 Å². The monoisotopic (exact) mass is 217 g/mol. The highest BCUT2D eigenvalue weighted by molar-refractivity contribution is 7.80. The molecule has 1 rings (SSSR count). The Labute approximate surface area is 91.2 Å². The minimum absolute atomic E-state index is 0.115. The molecule has 4 heteroatoms. The zero-order valence-electron chi connectivity index (χ0n) is 8.90. The molecule has 0 aliphatic carbocycles. The minimum Gasteiger partial charge on any atom is -0.370 e. The van der Waals surface area contributed by atoms with Gasteiger partial charge in [0, 0.05) is 13.1 Å². The third-order valence-corrected chi connectivity index (χ3v) is 3.19. The molecule has 1 saturated heterocycles. The van der Waals surface area contributed by atoms with Gasteiger partial charge in [-0.3, -0.25) is 4.79 Å². The van der Waals surface area contributed by atoms with E-state index in [9.17, 15) is 4.79 Å². The number of amides is 1. The van der Waals surface area contributed by atoms with Crippen LogP contribution in [0, 0.1) is 11.8 Å². The molecule has 0 N–H and O–H groups in total. The Morgan fingerprint density at radius 3 is 2.79 bits per heavy atom. The second kappa shape index (κ2) is 5.61. The van der Waals surface area contributed by atoms with E-state index in [4.69, 9.17) is 4.74 Å². The minimum atomic E-state index is 0.115. The van der Waals surface area contributed by atoms with Crippen molar-refractivity contribution in [3.05, 3.63) is 0 Å². The molecule has 0 spiro atoms. The Balaban J connectivity index is 2.44. The largest absolute Gasteiger partial charge is 0.370 e. The Morgan fingerprint density at radius 2 is 2.29 bits per heavy atom. The summed E-state index contributed by atoms with van der Waals surface area (Å²) >= 11 is 4.31.